The van der Waals surface area contributed by atoms with Crippen molar-refractivity contribution >= 4 is 5.65 Å². The molecule has 104 valence electrons. The van der Waals surface area contributed by atoms with Crippen LogP contribution in [0.25, 0.3) is 5.65 Å². The van der Waals surface area contributed by atoms with Crippen LogP contribution < -0.4 is 5.73 Å². The second kappa shape index (κ2) is 4.48. The van der Waals surface area contributed by atoms with Gasteiger partial charge in [-0.2, -0.15) is 13.2 Å². The number of pyridine rings is 1. The fourth-order valence-corrected chi connectivity index (χ4v) is 1.96. The summed E-state index contributed by atoms with van der Waals surface area (Å²) in [6.45, 7) is 3.75. The van der Waals surface area contributed by atoms with Gasteiger partial charge in [-0.25, -0.2) is 0 Å². The summed E-state index contributed by atoms with van der Waals surface area (Å²) in [6.07, 6.45) is -2.26. The molecule has 0 radical (unpaired) electrons. The summed E-state index contributed by atoms with van der Waals surface area (Å²) >= 11 is 0. The van der Waals surface area contributed by atoms with E-state index in [1.54, 1.807) is 0 Å². The minimum absolute atomic E-state index is 0.360. The molecule has 2 rings (SSSR count). The van der Waals surface area contributed by atoms with E-state index in [9.17, 15) is 13.2 Å². The molecule has 0 aliphatic rings. The van der Waals surface area contributed by atoms with E-state index in [1.165, 1.54) is 10.5 Å². The van der Waals surface area contributed by atoms with Gasteiger partial charge in [-0.15, -0.1) is 10.2 Å². The molecule has 0 amide bonds. The molecule has 4 nitrogen and oxygen atoms in total. The Labute approximate surface area is 108 Å². The first-order valence-electron chi connectivity index (χ1n) is 6.03. The molecular weight excluding hydrogens is 257 g/mol. The number of fused-ring (bicyclic) bond motifs is 1. The van der Waals surface area contributed by atoms with Crippen LogP contribution in [0.4, 0.5) is 13.2 Å². The molecule has 0 aliphatic heterocycles. The van der Waals surface area contributed by atoms with Gasteiger partial charge >= 0.3 is 6.18 Å². The average molecular weight is 272 g/mol. The fraction of sp³-hybridized carbons (Fsp3) is 0.500. The predicted octanol–water partition coefficient (Wildman–Crippen LogP) is 2.72. The van der Waals surface area contributed by atoms with Crippen LogP contribution in [0.5, 0.6) is 0 Å². The van der Waals surface area contributed by atoms with E-state index in [0.29, 0.717) is 24.3 Å². The molecule has 2 aromatic heterocycles. The van der Waals surface area contributed by atoms with Crippen molar-refractivity contribution in [1.29, 1.82) is 0 Å². The van der Waals surface area contributed by atoms with Crippen molar-refractivity contribution in [3.05, 3.63) is 29.7 Å². The lowest BCUT2D eigenvalue weighted by Crippen LogP contribution is -2.37. The number of halogens is 3. The first-order valence-corrected chi connectivity index (χ1v) is 6.03. The summed E-state index contributed by atoms with van der Waals surface area (Å²) in [4.78, 5) is 0. The summed E-state index contributed by atoms with van der Waals surface area (Å²) in [5.74, 6) is 0.360. The van der Waals surface area contributed by atoms with Crippen LogP contribution in [0, 0.1) is 0 Å². The Morgan fingerprint density at radius 1 is 1.16 bits per heavy atom. The summed E-state index contributed by atoms with van der Waals surface area (Å²) in [7, 11) is 0. The van der Waals surface area contributed by atoms with E-state index >= 15 is 0 Å². The van der Waals surface area contributed by atoms with E-state index < -0.39 is 17.3 Å². The van der Waals surface area contributed by atoms with Gasteiger partial charge in [0.15, 0.2) is 11.5 Å². The van der Waals surface area contributed by atoms with Crippen molar-refractivity contribution < 1.29 is 13.2 Å². The lowest BCUT2D eigenvalue weighted by Gasteiger charge is -2.24. The fourth-order valence-electron chi connectivity index (χ4n) is 1.96. The largest absolute Gasteiger partial charge is 0.417 e. The Morgan fingerprint density at radius 2 is 1.79 bits per heavy atom. The molecule has 0 aliphatic carbocycles. The minimum Gasteiger partial charge on any atom is -0.319 e. The maximum Gasteiger partial charge on any atom is 0.417 e. The quantitative estimate of drug-likeness (QED) is 0.934. The lowest BCUT2D eigenvalue weighted by molar-refractivity contribution is -0.137. The first kappa shape index (κ1) is 13.8. The normalized spacial score (nSPS) is 13.2. The van der Waals surface area contributed by atoms with Crippen LogP contribution in [0.2, 0.25) is 0 Å². The highest BCUT2D eigenvalue weighted by molar-refractivity contribution is 5.41. The predicted molar refractivity (Wildman–Crippen MR) is 64.4 cm³/mol. The van der Waals surface area contributed by atoms with E-state index in [4.69, 9.17) is 5.73 Å². The van der Waals surface area contributed by atoms with Crippen LogP contribution in [0.15, 0.2) is 18.3 Å². The second-order valence-electron chi connectivity index (χ2n) is 4.53. The molecule has 0 bridgehead atoms. The topological polar surface area (TPSA) is 56.2 Å². The Kier molecular flexibility index (Phi) is 3.25. The van der Waals surface area contributed by atoms with Gasteiger partial charge in [-0.3, -0.25) is 4.40 Å². The number of nitrogens with zero attached hydrogens (tertiary/aromatic N) is 3. The average Bonchev–Trinajstić information content (AvgIpc) is 2.80. The van der Waals surface area contributed by atoms with Gasteiger partial charge in [0.2, 0.25) is 0 Å². The number of alkyl halides is 3. The summed E-state index contributed by atoms with van der Waals surface area (Å²) in [5, 5.41) is 7.82. The van der Waals surface area contributed by atoms with Crippen LogP contribution >= 0.6 is 0 Å². The monoisotopic (exact) mass is 272 g/mol. The van der Waals surface area contributed by atoms with Gasteiger partial charge < -0.3 is 5.73 Å². The van der Waals surface area contributed by atoms with Crippen LogP contribution in [0.3, 0.4) is 0 Å². The standard InChI is InChI=1S/C12H15F3N4/c1-3-11(16,4-2)10-18-17-9-6-5-8(7-19(9)10)12(13,14)15/h5-7H,3-4,16H2,1-2H3. The molecule has 0 unspecified atom stereocenters. The molecule has 0 saturated heterocycles. The van der Waals surface area contributed by atoms with Crippen LogP contribution in [-0.2, 0) is 11.7 Å². The van der Waals surface area contributed by atoms with Crippen molar-refractivity contribution in [2.24, 2.45) is 5.73 Å². The summed E-state index contributed by atoms with van der Waals surface area (Å²) < 4.78 is 39.5. The van der Waals surface area contributed by atoms with Gasteiger partial charge in [0.1, 0.15) is 0 Å². The highest BCUT2D eigenvalue weighted by atomic mass is 19.4. The van der Waals surface area contributed by atoms with Crippen molar-refractivity contribution in [1.82, 2.24) is 14.6 Å². The van der Waals surface area contributed by atoms with Gasteiger partial charge in [-0.05, 0) is 25.0 Å². The highest BCUT2D eigenvalue weighted by Gasteiger charge is 2.33. The Bertz CT molecular complexity index is 584. The number of hydrogen-bond donors (Lipinski definition) is 1. The summed E-state index contributed by atoms with van der Waals surface area (Å²) in [6, 6.07) is 2.29. The molecule has 0 atom stereocenters. The van der Waals surface area contributed by atoms with Crippen molar-refractivity contribution in [3.8, 4) is 0 Å². The molecule has 7 heteroatoms. The minimum atomic E-state index is -4.40. The van der Waals surface area contributed by atoms with Crippen molar-refractivity contribution in [2.75, 3.05) is 0 Å². The zero-order valence-corrected chi connectivity index (χ0v) is 10.7. The second-order valence-corrected chi connectivity index (χ2v) is 4.53. The highest BCUT2D eigenvalue weighted by Crippen LogP contribution is 2.31. The molecule has 2 heterocycles. The zero-order valence-electron chi connectivity index (χ0n) is 10.7. The van der Waals surface area contributed by atoms with E-state index in [1.807, 2.05) is 13.8 Å². The Morgan fingerprint density at radius 3 is 2.32 bits per heavy atom. The Balaban J connectivity index is 2.64. The van der Waals surface area contributed by atoms with Crippen molar-refractivity contribution in [2.45, 2.75) is 38.4 Å². The maximum atomic E-state index is 12.7. The van der Waals surface area contributed by atoms with E-state index in [2.05, 4.69) is 10.2 Å². The Hall–Kier alpha value is -1.63. The molecule has 0 saturated carbocycles. The number of hydrogen-bond acceptors (Lipinski definition) is 3. The van der Waals surface area contributed by atoms with Gasteiger partial charge in [0.25, 0.3) is 0 Å². The van der Waals surface area contributed by atoms with Gasteiger partial charge in [0.05, 0.1) is 11.1 Å². The van der Waals surface area contributed by atoms with E-state index in [0.717, 1.165) is 12.3 Å². The molecular formula is C12H15F3N4. The SMILES string of the molecule is CCC(N)(CC)c1nnc2ccc(C(F)(F)F)cn12. The van der Waals surface area contributed by atoms with Gasteiger partial charge in [-0.1, -0.05) is 13.8 Å². The maximum absolute atomic E-state index is 12.7. The third kappa shape index (κ3) is 2.30. The lowest BCUT2D eigenvalue weighted by atomic mass is 9.93. The third-order valence-electron chi connectivity index (χ3n) is 3.44. The molecule has 2 aromatic rings. The van der Waals surface area contributed by atoms with Crippen LogP contribution in [0.1, 0.15) is 38.1 Å². The molecule has 0 spiro atoms. The smallest absolute Gasteiger partial charge is 0.319 e. The van der Waals surface area contributed by atoms with E-state index in [-0.39, 0.29) is 0 Å². The van der Waals surface area contributed by atoms with Gasteiger partial charge in [0, 0.05) is 6.20 Å². The number of nitrogens with two attached hydrogens (primary N) is 1. The van der Waals surface area contributed by atoms with Crippen LogP contribution in [-0.4, -0.2) is 14.6 Å². The molecule has 19 heavy (non-hydrogen) atoms. The number of aromatic nitrogens is 3. The summed E-state index contributed by atoms with van der Waals surface area (Å²) in [5.41, 5.74) is 5.03. The molecule has 0 fully saturated rings. The number of rotatable bonds is 3. The molecule has 0 aromatic carbocycles. The zero-order chi connectivity index (χ0) is 14.3. The van der Waals surface area contributed by atoms with Crippen molar-refractivity contribution in [3.63, 3.8) is 0 Å². The first-order chi connectivity index (χ1) is 8.81. The molecule has 2 N–H and O–H groups in total. The third-order valence-corrected chi connectivity index (χ3v) is 3.44.